The largest absolute Gasteiger partial charge is 0.490 e. The second-order valence-electron chi connectivity index (χ2n) is 7.08. The van der Waals surface area contributed by atoms with E-state index < -0.39 is 11.8 Å². The molecular weight excluding hydrogens is 578 g/mol. The Kier molecular flexibility index (Phi) is 11.0. The first-order valence-electron chi connectivity index (χ1n) is 9.95. The summed E-state index contributed by atoms with van der Waals surface area (Å²) in [6, 6.07) is 10.6. The molecule has 0 aromatic heterocycles. The lowest BCUT2D eigenvalue weighted by Crippen LogP contribution is -2.49. The third kappa shape index (κ3) is 8.92. The molecule has 2 aromatic carbocycles. The molecule has 11 heteroatoms. The van der Waals surface area contributed by atoms with Crippen LogP contribution in [0.1, 0.15) is 35.7 Å². The predicted octanol–water partition coefficient (Wildman–Crippen LogP) is 4.07. The van der Waals surface area contributed by atoms with Crippen molar-refractivity contribution in [1.29, 1.82) is 0 Å². The van der Waals surface area contributed by atoms with Crippen LogP contribution in [0.3, 0.4) is 0 Å². The van der Waals surface area contributed by atoms with Gasteiger partial charge in [-0.1, -0.05) is 19.9 Å². The average Bonchev–Trinajstić information content (AvgIpc) is 2.77. The van der Waals surface area contributed by atoms with Gasteiger partial charge in [-0.2, -0.15) is 0 Å². The number of thiocarbonyl (C=S) groups is 1. The van der Waals surface area contributed by atoms with Crippen LogP contribution < -0.4 is 25.6 Å². The first-order chi connectivity index (χ1) is 15.7. The van der Waals surface area contributed by atoms with E-state index in [0.717, 1.165) is 10.0 Å². The van der Waals surface area contributed by atoms with E-state index in [-0.39, 0.29) is 11.7 Å². The molecule has 0 aliphatic rings. The van der Waals surface area contributed by atoms with Gasteiger partial charge in [0, 0.05) is 12.7 Å². The SMILES string of the molecule is COCCOc1ccc(C(=O)NC(=S)NNC(=O)COc2ccc(C(C)C)cc2Br)cc1Br. The van der Waals surface area contributed by atoms with E-state index in [1.807, 2.05) is 12.1 Å². The minimum Gasteiger partial charge on any atom is -0.490 e. The second-order valence-corrected chi connectivity index (χ2v) is 9.19. The van der Waals surface area contributed by atoms with Crippen molar-refractivity contribution in [2.45, 2.75) is 19.8 Å². The molecule has 0 saturated heterocycles. The third-order valence-electron chi connectivity index (χ3n) is 4.26. The standard InChI is InChI=1S/C22H25Br2N3O5S/c1-13(2)14-4-6-19(16(23)10-14)32-12-20(28)26-27-22(33)25-21(29)15-5-7-18(17(24)11-15)31-9-8-30-3/h4-7,10-11,13H,8-9,12H2,1-3H3,(H,26,28)(H2,25,27,29,33). The van der Waals surface area contributed by atoms with Crippen molar-refractivity contribution in [3.8, 4) is 11.5 Å². The van der Waals surface area contributed by atoms with E-state index in [9.17, 15) is 9.59 Å². The summed E-state index contributed by atoms with van der Waals surface area (Å²) in [6.45, 7) is 4.79. The average molecular weight is 603 g/mol. The van der Waals surface area contributed by atoms with E-state index in [4.69, 9.17) is 26.4 Å². The first kappa shape index (κ1) is 27.0. The van der Waals surface area contributed by atoms with E-state index in [0.29, 0.717) is 40.7 Å². The molecule has 0 bridgehead atoms. The Morgan fingerprint density at radius 3 is 2.27 bits per heavy atom. The summed E-state index contributed by atoms with van der Waals surface area (Å²) in [5.41, 5.74) is 6.37. The third-order valence-corrected chi connectivity index (χ3v) is 5.71. The number of methoxy groups -OCH3 is 1. The second kappa shape index (κ2) is 13.5. The van der Waals surface area contributed by atoms with Crippen LogP contribution in [0.5, 0.6) is 11.5 Å². The van der Waals surface area contributed by atoms with Gasteiger partial charge in [-0.3, -0.25) is 25.8 Å². The molecule has 0 aliphatic carbocycles. The summed E-state index contributed by atoms with van der Waals surface area (Å²) in [5, 5.41) is 2.42. The van der Waals surface area contributed by atoms with E-state index in [1.54, 1.807) is 31.4 Å². The smallest absolute Gasteiger partial charge is 0.276 e. The fourth-order valence-electron chi connectivity index (χ4n) is 2.50. The first-order valence-corrected chi connectivity index (χ1v) is 11.9. The van der Waals surface area contributed by atoms with E-state index in [2.05, 4.69) is 61.9 Å². The Morgan fingerprint density at radius 2 is 1.64 bits per heavy atom. The number of halogens is 2. The Bertz CT molecular complexity index is 1000. The maximum absolute atomic E-state index is 12.4. The molecule has 3 N–H and O–H groups in total. The van der Waals surface area contributed by atoms with Crippen molar-refractivity contribution in [2.24, 2.45) is 0 Å². The van der Waals surface area contributed by atoms with Crippen molar-refractivity contribution < 1.29 is 23.8 Å². The summed E-state index contributed by atoms with van der Waals surface area (Å²) in [4.78, 5) is 24.4. The van der Waals surface area contributed by atoms with Crippen molar-refractivity contribution in [1.82, 2.24) is 16.2 Å². The highest BCUT2D eigenvalue weighted by molar-refractivity contribution is 9.10. The molecule has 8 nitrogen and oxygen atoms in total. The number of carbonyl (C=O) groups is 2. The minimum atomic E-state index is -0.466. The van der Waals surface area contributed by atoms with E-state index >= 15 is 0 Å². The van der Waals surface area contributed by atoms with E-state index in [1.165, 1.54) is 0 Å². The fourth-order valence-corrected chi connectivity index (χ4v) is 3.65. The van der Waals surface area contributed by atoms with Crippen LogP contribution in [0.4, 0.5) is 0 Å². The quantitative estimate of drug-likeness (QED) is 0.226. The van der Waals surface area contributed by atoms with Crippen molar-refractivity contribution in [3.63, 3.8) is 0 Å². The van der Waals surface area contributed by atoms with Gasteiger partial charge in [0.1, 0.15) is 18.1 Å². The topological polar surface area (TPSA) is 97.9 Å². The Morgan fingerprint density at radius 1 is 0.970 bits per heavy atom. The highest BCUT2D eigenvalue weighted by Crippen LogP contribution is 2.29. The summed E-state index contributed by atoms with van der Waals surface area (Å²) < 4.78 is 17.4. The predicted molar refractivity (Wildman–Crippen MR) is 137 cm³/mol. The van der Waals surface area contributed by atoms with Gasteiger partial charge in [0.2, 0.25) is 0 Å². The maximum Gasteiger partial charge on any atom is 0.276 e. The lowest BCUT2D eigenvalue weighted by atomic mass is 10.0. The van der Waals surface area contributed by atoms with Crippen LogP contribution in [-0.2, 0) is 9.53 Å². The van der Waals surface area contributed by atoms with Crippen LogP contribution in [-0.4, -0.2) is 43.9 Å². The van der Waals surface area contributed by atoms with Crippen LogP contribution in [0.2, 0.25) is 0 Å². The molecule has 0 unspecified atom stereocenters. The van der Waals surface area contributed by atoms with Crippen LogP contribution in [0.25, 0.3) is 0 Å². The molecule has 33 heavy (non-hydrogen) atoms. The normalized spacial score (nSPS) is 10.5. The number of hydrogen-bond acceptors (Lipinski definition) is 6. The molecule has 0 radical (unpaired) electrons. The number of hydrogen-bond donors (Lipinski definition) is 3. The van der Waals surface area contributed by atoms with Gasteiger partial charge < -0.3 is 14.2 Å². The molecule has 0 spiro atoms. The van der Waals surface area contributed by atoms with Crippen LogP contribution in [0.15, 0.2) is 45.3 Å². The summed E-state index contributed by atoms with van der Waals surface area (Å²) in [7, 11) is 1.59. The molecular formula is C22H25Br2N3O5S. The van der Waals surface area contributed by atoms with Gasteiger partial charge in [0.15, 0.2) is 11.7 Å². The number of hydrazine groups is 1. The zero-order valence-electron chi connectivity index (χ0n) is 18.4. The number of ether oxygens (including phenoxy) is 3. The number of benzene rings is 2. The molecule has 0 atom stereocenters. The number of amides is 2. The van der Waals surface area contributed by atoms with Gasteiger partial charge in [0.05, 0.1) is 15.6 Å². The maximum atomic E-state index is 12.4. The van der Waals surface area contributed by atoms with Gasteiger partial charge in [-0.05, 0) is 85.9 Å². The molecule has 0 heterocycles. The molecule has 178 valence electrons. The lowest BCUT2D eigenvalue weighted by Gasteiger charge is -2.13. The van der Waals surface area contributed by atoms with Crippen molar-refractivity contribution >= 4 is 61.0 Å². The zero-order chi connectivity index (χ0) is 24.4. The number of nitrogens with one attached hydrogen (secondary N) is 3. The van der Waals surface area contributed by atoms with Crippen LogP contribution in [0, 0.1) is 0 Å². The van der Waals surface area contributed by atoms with Crippen LogP contribution >= 0.6 is 44.1 Å². The zero-order valence-corrected chi connectivity index (χ0v) is 22.4. The fraction of sp³-hybridized carbons (Fsp3) is 0.318. The minimum absolute atomic E-state index is 0.0626. The highest BCUT2D eigenvalue weighted by atomic mass is 79.9. The molecule has 2 aromatic rings. The molecule has 2 amide bonds. The number of rotatable bonds is 9. The lowest BCUT2D eigenvalue weighted by molar-refractivity contribution is -0.123. The molecule has 0 saturated carbocycles. The van der Waals surface area contributed by atoms with Gasteiger partial charge in [-0.15, -0.1) is 0 Å². The Labute approximate surface area is 215 Å². The summed E-state index contributed by atoms with van der Waals surface area (Å²) >= 11 is 11.9. The highest BCUT2D eigenvalue weighted by Gasteiger charge is 2.12. The van der Waals surface area contributed by atoms with Gasteiger partial charge in [0.25, 0.3) is 11.8 Å². The van der Waals surface area contributed by atoms with Gasteiger partial charge in [-0.25, -0.2) is 0 Å². The molecule has 2 rings (SSSR count). The van der Waals surface area contributed by atoms with Crippen molar-refractivity contribution in [3.05, 3.63) is 56.5 Å². The molecule has 0 aliphatic heterocycles. The van der Waals surface area contributed by atoms with Gasteiger partial charge >= 0.3 is 0 Å². The molecule has 0 fully saturated rings. The Hall–Kier alpha value is -2.21. The summed E-state index contributed by atoms with van der Waals surface area (Å²) in [6.07, 6.45) is 0. The summed E-state index contributed by atoms with van der Waals surface area (Å²) in [5.74, 6) is 0.600. The monoisotopic (exact) mass is 601 g/mol. The Balaban J connectivity index is 1.78. The number of carbonyl (C=O) groups excluding carboxylic acids is 2. The van der Waals surface area contributed by atoms with Crippen molar-refractivity contribution in [2.75, 3.05) is 26.9 Å².